The van der Waals surface area contributed by atoms with Crippen LogP contribution in [0.25, 0.3) is 0 Å². The Kier molecular flexibility index (Phi) is 4.88. The Labute approximate surface area is 129 Å². The second-order valence-corrected chi connectivity index (χ2v) is 4.79. The highest BCUT2D eigenvalue weighted by molar-refractivity contribution is 5.89. The minimum Gasteiger partial charge on any atom is -0.493 e. The second kappa shape index (κ2) is 6.85. The van der Waals surface area contributed by atoms with E-state index in [0.717, 1.165) is 11.1 Å². The van der Waals surface area contributed by atoms with Crippen molar-refractivity contribution in [1.82, 2.24) is 0 Å². The number of aromatic carboxylic acids is 1. The lowest BCUT2D eigenvalue weighted by atomic mass is 10.1. The highest BCUT2D eigenvalue weighted by Crippen LogP contribution is 2.39. The molecule has 0 unspecified atom stereocenters. The monoisotopic (exact) mass is 302 g/mol. The molecular weight excluding hydrogens is 284 g/mol. The largest absolute Gasteiger partial charge is 0.493 e. The molecule has 2 aromatic carbocycles. The lowest BCUT2D eigenvalue weighted by Gasteiger charge is -2.15. The second-order valence-electron chi connectivity index (χ2n) is 4.79. The van der Waals surface area contributed by atoms with Crippen LogP contribution >= 0.6 is 0 Å². The van der Waals surface area contributed by atoms with Crippen LogP contribution in [0, 0.1) is 6.92 Å². The standard InChI is InChI=1S/C17H18O5/c1-11-5-4-6-12(7-11)10-22-16-14(20-2)8-13(17(18)19)9-15(16)21-3/h4-9H,10H2,1-3H3,(H,18,19). The number of carboxylic acid groups (broad SMARTS) is 1. The highest BCUT2D eigenvalue weighted by Gasteiger charge is 2.17. The quantitative estimate of drug-likeness (QED) is 0.887. The minimum atomic E-state index is -1.05. The van der Waals surface area contributed by atoms with E-state index >= 15 is 0 Å². The molecule has 0 heterocycles. The van der Waals surface area contributed by atoms with E-state index in [1.807, 2.05) is 31.2 Å². The molecule has 2 aromatic rings. The van der Waals surface area contributed by atoms with Crippen molar-refractivity contribution in [3.63, 3.8) is 0 Å². The van der Waals surface area contributed by atoms with Crippen molar-refractivity contribution in [2.75, 3.05) is 14.2 Å². The first-order chi connectivity index (χ1) is 10.5. The molecule has 5 heteroatoms. The van der Waals surface area contributed by atoms with Gasteiger partial charge < -0.3 is 19.3 Å². The van der Waals surface area contributed by atoms with Crippen molar-refractivity contribution in [2.24, 2.45) is 0 Å². The van der Waals surface area contributed by atoms with Gasteiger partial charge >= 0.3 is 5.97 Å². The van der Waals surface area contributed by atoms with Crippen LogP contribution < -0.4 is 14.2 Å². The summed E-state index contributed by atoms with van der Waals surface area (Å²) < 4.78 is 16.2. The van der Waals surface area contributed by atoms with Crippen molar-refractivity contribution in [1.29, 1.82) is 0 Å². The van der Waals surface area contributed by atoms with E-state index in [4.69, 9.17) is 19.3 Å². The Morgan fingerprint density at radius 3 is 2.23 bits per heavy atom. The molecule has 2 rings (SSSR count). The molecule has 22 heavy (non-hydrogen) atoms. The van der Waals surface area contributed by atoms with Gasteiger partial charge in [0.15, 0.2) is 11.5 Å². The number of ether oxygens (including phenoxy) is 3. The number of aryl methyl sites for hydroxylation is 1. The summed E-state index contributed by atoms with van der Waals surface area (Å²) >= 11 is 0. The highest BCUT2D eigenvalue weighted by atomic mass is 16.5. The average Bonchev–Trinajstić information content (AvgIpc) is 2.51. The summed E-state index contributed by atoms with van der Waals surface area (Å²) in [5.74, 6) is -0.0212. The number of benzene rings is 2. The van der Waals surface area contributed by atoms with Crippen molar-refractivity contribution < 1.29 is 24.1 Å². The number of methoxy groups -OCH3 is 2. The molecule has 0 amide bonds. The normalized spacial score (nSPS) is 10.1. The molecule has 0 spiro atoms. The molecule has 0 saturated carbocycles. The molecular formula is C17H18O5. The first-order valence-corrected chi connectivity index (χ1v) is 6.72. The van der Waals surface area contributed by atoms with Crippen molar-refractivity contribution in [3.8, 4) is 17.2 Å². The summed E-state index contributed by atoms with van der Waals surface area (Å²) in [6.07, 6.45) is 0. The predicted octanol–water partition coefficient (Wildman–Crippen LogP) is 3.29. The van der Waals surface area contributed by atoms with Gasteiger partial charge in [-0.1, -0.05) is 29.8 Å². The van der Waals surface area contributed by atoms with Crippen LogP contribution in [-0.2, 0) is 6.61 Å². The summed E-state index contributed by atoms with van der Waals surface area (Å²) in [7, 11) is 2.92. The van der Waals surface area contributed by atoms with Crippen LogP contribution in [0.1, 0.15) is 21.5 Å². The molecule has 5 nitrogen and oxygen atoms in total. The van der Waals surface area contributed by atoms with Crippen LogP contribution in [0.2, 0.25) is 0 Å². The minimum absolute atomic E-state index is 0.0802. The molecule has 0 radical (unpaired) electrons. The number of hydrogen-bond acceptors (Lipinski definition) is 4. The predicted molar refractivity (Wildman–Crippen MR) is 82.0 cm³/mol. The van der Waals surface area contributed by atoms with Crippen LogP contribution in [0.5, 0.6) is 17.2 Å². The third kappa shape index (κ3) is 3.49. The van der Waals surface area contributed by atoms with Gasteiger partial charge in [-0.25, -0.2) is 4.79 Å². The zero-order chi connectivity index (χ0) is 16.1. The molecule has 0 aliphatic rings. The van der Waals surface area contributed by atoms with Crippen molar-refractivity contribution >= 4 is 5.97 Å². The van der Waals surface area contributed by atoms with Gasteiger partial charge in [-0.05, 0) is 24.6 Å². The van der Waals surface area contributed by atoms with Gasteiger partial charge in [0.1, 0.15) is 6.61 Å². The fourth-order valence-corrected chi connectivity index (χ4v) is 2.10. The Bertz CT molecular complexity index is 653. The molecule has 0 aromatic heterocycles. The zero-order valence-corrected chi connectivity index (χ0v) is 12.8. The molecule has 0 fully saturated rings. The first-order valence-electron chi connectivity index (χ1n) is 6.72. The summed E-state index contributed by atoms with van der Waals surface area (Å²) in [4.78, 5) is 11.1. The Balaban J connectivity index is 2.31. The fourth-order valence-electron chi connectivity index (χ4n) is 2.10. The molecule has 1 N–H and O–H groups in total. The zero-order valence-electron chi connectivity index (χ0n) is 12.8. The van der Waals surface area contributed by atoms with Gasteiger partial charge in [-0.2, -0.15) is 0 Å². The van der Waals surface area contributed by atoms with Gasteiger partial charge in [0.2, 0.25) is 5.75 Å². The maximum absolute atomic E-state index is 11.1. The summed E-state index contributed by atoms with van der Waals surface area (Å²) in [5.41, 5.74) is 2.23. The van der Waals surface area contributed by atoms with Gasteiger partial charge in [-0.15, -0.1) is 0 Å². The van der Waals surface area contributed by atoms with E-state index in [2.05, 4.69) is 0 Å². The Morgan fingerprint density at radius 2 is 1.73 bits per heavy atom. The summed E-state index contributed by atoms with van der Waals surface area (Å²) in [6.45, 7) is 2.34. The van der Waals surface area contributed by atoms with E-state index in [-0.39, 0.29) is 5.56 Å². The third-order valence-electron chi connectivity index (χ3n) is 3.17. The smallest absolute Gasteiger partial charge is 0.335 e. The van der Waals surface area contributed by atoms with Crippen LogP contribution in [0.15, 0.2) is 36.4 Å². The molecule has 0 aliphatic heterocycles. The van der Waals surface area contributed by atoms with E-state index in [1.165, 1.54) is 26.4 Å². The first kappa shape index (κ1) is 15.7. The van der Waals surface area contributed by atoms with E-state index in [9.17, 15) is 4.79 Å². The van der Waals surface area contributed by atoms with Crippen LogP contribution in [0.3, 0.4) is 0 Å². The fraction of sp³-hybridized carbons (Fsp3) is 0.235. The maximum Gasteiger partial charge on any atom is 0.335 e. The van der Waals surface area contributed by atoms with E-state index in [0.29, 0.717) is 23.9 Å². The SMILES string of the molecule is COc1cc(C(=O)O)cc(OC)c1OCc1cccc(C)c1. The number of rotatable bonds is 6. The van der Waals surface area contributed by atoms with E-state index in [1.54, 1.807) is 0 Å². The Morgan fingerprint density at radius 1 is 1.09 bits per heavy atom. The maximum atomic E-state index is 11.1. The lowest BCUT2D eigenvalue weighted by Crippen LogP contribution is -2.03. The van der Waals surface area contributed by atoms with Crippen molar-refractivity contribution in [2.45, 2.75) is 13.5 Å². The van der Waals surface area contributed by atoms with Gasteiger partial charge in [0.25, 0.3) is 0 Å². The van der Waals surface area contributed by atoms with Crippen LogP contribution in [-0.4, -0.2) is 25.3 Å². The van der Waals surface area contributed by atoms with Crippen LogP contribution in [0.4, 0.5) is 0 Å². The van der Waals surface area contributed by atoms with Gasteiger partial charge in [-0.3, -0.25) is 0 Å². The lowest BCUT2D eigenvalue weighted by molar-refractivity contribution is 0.0696. The summed E-state index contributed by atoms with van der Waals surface area (Å²) in [6, 6.07) is 10.8. The molecule has 0 bridgehead atoms. The Hall–Kier alpha value is -2.69. The topological polar surface area (TPSA) is 65.0 Å². The number of carbonyl (C=O) groups is 1. The molecule has 0 saturated heterocycles. The molecule has 0 aliphatic carbocycles. The number of carboxylic acids is 1. The van der Waals surface area contributed by atoms with Gasteiger partial charge in [0, 0.05) is 0 Å². The average molecular weight is 302 g/mol. The molecule has 0 atom stereocenters. The van der Waals surface area contributed by atoms with Gasteiger partial charge in [0.05, 0.1) is 19.8 Å². The number of hydrogen-bond donors (Lipinski definition) is 1. The van der Waals surface area contributed by atoms with Crippen molar-refractivity contribution in [3.05, 3.63) is 53.1 Å². The third-order valence-corrected chi connectivity index (χ3v) is 3.17. The molecule has 116 valence electrons. The van der Waals surface area contributed by atoms with E-state index < -0.39 is 5.97 Å². The summed E-state index contributed by atoms with van der Waals surface area (Å²) in [5, 5.41) is 9.10.